The molecular formula is C23H27N3O3. The van der Waals surface area contributed by atoms with Gasteiger partial charge >= 0.3 is 11.8 Å². The van der Waals surface area contributed by atoms with Gasteiger partial charge in [0, 0.05) is 6.04 Å². The Bertz CT molecular complexity index is 839. The first-order chi connectivity index (χ1) is 14.1. The highest BCUT2D eigenvalue weighted by Crippen LogP contribution is 2.17. The molecule has 0 spiro atoms. The number of hydrogen-bond acceptors (Lipinski definition) is 4. The quantitative estimate of drug-likeness (QED) is 0.448. The minimum absolute atomic E-state index is 0.0958. The zero-order chi connectivity index (χ0) is 20.5. The number of hydrogen-bond donors (Lipinski definition) is 2. The maximum Gasteiger partial charge on any atom is 0.329 e. The van der Waals surface area contributed by atoms with Crippen LogP contribution in [0.3, 0.4) is 0 Å². The van der Waals surface area contributed by atoms with Crippen molar-refractivity contribution in [2.45, 2.75) is 51.7 Å². The van der Waals surface area contributed by atoms with Crippen molar-refractivity contribution in [2.24, 2.45) is 5.10 Å². The van der Waals surface area contributed by atoms with Crippen LogP contribution in [0.25, 0.3) is 0 Å². The summed E-state index contributed by atoms with van der Waals surface area (Å²) in [6.07, 6.45) is 6.74. The van der Waals surface area contributed by atoms with Gasteiger partial charge in [-0.1, -0.05) is 49.1 Å². The van der Waals surface area contributed by atoms with E-state index < -0.39 is 11.8 Å². The maximum atomic E-state index is 11.9. The molecule has 0 bridgehead atoms. The highest BCUT2D eigenvalue weighted by atomic mass is 16.5. The van der Waals surface area contributed by atoms with Crippen LogP contribution in [-0.2, 0) is 16.2 Å². The van der Waals surface area contributed by atoms with E-state index in [1.807, 2.05) is 36.4 Å². The van der Waals surface area contributed by atoms with Crippen LogP contribution in [0.4, 0.5) is 0 Å². The molecule has 6 nitrogen and oxygen atoms in total. The highest BCUT2D eigenvalue weighted by Gasteiger charge is 2.19. The van der Waals surface area contributed by atoms with E-state index in [2.05, 4.69) is 34.9 Å². The molecule has 1 fully saturated rings. The molecule has 6 heteroatoms. The number of ether oxygens (including phenoxy) is 1. The first-order valence-corrected chi connectivity index (χ1v) is 10.0. The van der Waals surface area contributed by atoms with Gasteiger partial charge in [0.15, 0.2) is 0 Å². The Morgan fingerprint density at radius 3 is 2.38 bits per heavy atom. The van der Waals surface area contributed by atoms with Gasteiger partial charge in [0.2, 0.25) is 0 Å². The molecule has 0 unspecified atom stereocenters. The Hall–Kier alpha value is -3.15. The molecular weight excluding hydrogens is 366 g/mol. The number of aryl methyl sites for hydroxylation is 1. The van der Waals surface area contributed by atoms with E-state index >= 15 is 0 Å². The summed E-state index contributed by atoms with van der Waals surface area (Å²) in [4.78, 5) is 23.7. The summed E-state index contributed by atoms with van der Waals surface area (Å²) < 4.78 is 5.77. The molecule has 2 aromatic carbocycles. The number of benzene rings is 2. The zero-order valence-corrected chi connectivity index (χ0v) is 16.7. The zero-order valence-electron chi connectivity index (χ0n) is 16.7. The first kappa shape index (κ1) is 20.6. The third kappa shape index (κ3) is 6.75. The van der Waals surface area contributed by atoms with Crippen LogP contribution in [0.15, 0.2) is 53.6 Å². The average molecular weight is 393 g/mol. The lowest BCUT2D eigenvalue weighted by molar-refractivity contribution is -0.139. The number of amides is 2. The van der Waals surface area contributed by atoms with Gasteiger partial charge in [-0.05, 0) is 55.2 Å². The normalized spacial score (nSPS) is 14.5. The Morgan fingerprint density at radius 1 is 1.00 bits per heavy atom. The number of hydrazone groups is 1. The molecule has 0 heterocycles. The number of carbonyl (C=O) groups is 2. The van der Waals surface area contributed by atoms with Crippen LogP contribution in [0.2, 0.25) is 0 Å². The van der Waals surface area contributed by atoms with Crippen LogP contribution in [0, 0.1) is 6.92 Å². The summed E-state index contributed by atoms with van der Waals surface area (Å²) in [7, 11) is 0. The predicted molar refractivity (Wildman–Crippen MR) is 113 cm³/mol. The van der Waals surface area contributed by atoms with Crippen LogP contribution in [-0.4, -0.2) is 24.1 Å². The Labute approximate surface area is 171 Å². The number of nitrogens with zero attached hydrogens (tertiary/aromatic N) is 1. The first-order valence-electron chi connectivity index (χ1n) is 10.0. The molecule has 2 aromatic rings. The molecule has 152 valence electrons. The smallest absolute Gasteiger partial charge is 0.329 e. The molecule has 0 aliphatic heterocycles. The summed E-state index contributed by atoms with van der Waals surface area (Å²) in [5, 5.41) is 6.62. The van der Waals surface area contributed by atoms with E-state index in [-0.39, 0.29) is 6.04 Å². The van der Waals surface area contributed by atoms with Gasteiger partial charge in [0.25, 0.3) is 0 Å². The summed E-state index contributed by atoms with van der Waals surface area (Å²) in [5.74, 6) is -0.627. The third-order valence-corrected chi connectivity index (χ3v) is 4.93. The molecule has 2 N–H and O–H groups in total. The van der Waals surface area contributed by atoms with Crippen LogP contribution in [0.1, 0.15) is 48.8 Å². The van der Waals surface area contributed by atoms with Crippen molar-refractivity contribution in [1.82, 2.24) is 10.7 Å². The molecule has 3 rings (SSSR count). The van der Waals surface area contributed by atoms with E-state index in [0.717, 1.165) is 42.6 Å². The number of carbonyl (C=O) groups excluding carboxylic acids is 2. The topological polar surface area (TPSA) is 79.8 Å². The molecule has 0 aromatic heterocycles. The van der Waals surface area contributed by atoms with Crippen molar-refractivity contribution < 1.29 is 14.3 Å². The average Bonchev–Trinajstić information content (AvgIpc) is 2.75. The van der Waals surface area contributed by atoms with Gasteiger partial charge in [-0.2, -0.15) is 5.10 Å². The van der Waals surface area contributed by atoms with Crippen molar-refractivity contribution in [2.75, 3.05) is 0 Å². The molecule has 1 aliphatic carbocycles. The summed E-state index contributed by atoms with van der Waals surface area (Å²) in [5.41, 5.74) is 5.39. The summed E-state index contributed by atoms with van der Waals surface area (Å²) in [6, 6.07) is 15.7. The molecule has 0 saturated heterocycles. The van der Waals surface area contributed by atoms with Crippen molar-refractivity contribution in [3.05, 3.63) is 65.2 Å². The fraction of sp³-hybridized carbons (Fsp3) is 0.348. The van der Waals surface area contributed by atoms with Crippen LogP contribution in [0.5, 0.6) is 5.75 Å². The Balaban J connectivity index is 1.42. The van der Waals surface area contributed by atoms with Crippen molar-refractivity contribution in [1.29, 1.82) is 0 Å². The standard InChI is InChI=1S/C23H27N3O3/c1-17-7-9-19(10-8-17)16-29-21-13-11-18(12-14-21)15-24-26-23(28)22(27)25-20-5-3-2-4-6-20/h7-15,20H,2-6,16H2,1H3,(H,25,27)(H,26,28)/b24-15+. The number of nitrogens with one attached hydrogen (secondary N) is 2. The Morgan fingerprint density at radius 2 is 1.69 bits per heavy atom. The molecule has 1 aliphatic rings. The van der Waals surface area contributed by atoms with Gasteiger partial charge in [0.1, 0.15) is 12.4 Å². The van der Waals surface area contributed by atoms with Gasteiger partial charge in [-0.15, -0.1) is 0 Å². The minimum atomic E-state index is -0.745. The van der Waals surface area contributed by atoms with Crippen molar-refractivity contribution >= 4 is 18.0 Å². The maximum absolute atomic E-state index is 11.9. The van der Waals surface area contributed by atoms with Gasteiger partial charge < -0.3 is 10.1 Å². The largest absolute Gasteiger partial charge is 0.489 e. The fourth-order valence-electron chi connectivity index (χ4n) is 3.22. The van der Waals surface area contributed by atoms with Crippen LogP contribution < -0.4 is 15.5 Å². The molecule has 29 heavy (non-hydrogen) atoms. The predicted octanol–water partition coefficient (Wildman–Crippen LogP) is 3.47. The fourth-order valence-corrected chi connectivity index (χ4v) is 3.22. The monoisotopic (exact) mass is 393 g/mol. The second-order valence-electron chi connectivity index (χ2n) is 7.35. The van der Waals surface area contributed by atoms with Crippen molar-refractivity contribution in [3.8, 4) is 5.75 Å². The van der Waals surface area contributed by atoms with Gasteiger partial charge in [-0.25, -0.2) is 5.43 Å². The SMILES string of the molecule is Cc1ccc(COc2ccc(/C=N/NC(=O)C(=O)NC3CCCCC3)cc2)cc1. The summed E-state index contributed by atoms with van der Waals surface area (Å²) >= 11 is 0. The Kier molecular flexibility index (Phi) is 7.39. The van der Waals surface area contributed by atoms with Crippen molar-refractivity contribution in [3.63, 3.8) is 0 Å². The van der Waals surface area contributed by atoms with E-state index in [1.165, 1.54) is 18.2 Å². The highest BCUT2D eigenvalue weighted by molar-refractivity contribution is 6.35. The molecule has 2 amide bonds. The van der Waals surface area contributed by atoms with E-state index in [0.29, 0.717) is 6.61 Å². The third-order valence-electron chi connectivity index (χ3n) is 4.93. The number of rotatable bonds is 6. The van der Waals surface area contributed by atoms with Gasteiger partial charge in [0.05, 0.1) is 6.21 Å². The lowest BCUT2D eigenvalue weighted by Gasteiger charge is -2.22. The van der Waals surface area contributed by atoms with E-state index in [4.69, 9.17) is 4.74 Å². The van der Waals surface area contributed by atoms with E-state index in [9.17, 15) is 9.59 Å². The van der Waals surface area contributed by atoms with Crippen LogP contribution >= 0.6 is 0 Å². The second-order valence-corrected chi connectivity index (χ2v) is 7.35. The molecule has 0 radical (unpaired) electrons. The van der Waals surface area contributed by atoms with E-state index in [1.54, 1.807) is 0 Å². The van der Waals surface area contributed by atoms with Gasteiger partial charge in [-0.3, -0.25) is 9.59 Å². The lowest BCUT2D eigenvalue weighted by atomic mass is 9.95. The summed E-state index contributed by atoms with van der Waals surface area (Å²) in [6.45, 7) is 2.55. The minimum Gasteiger partial charge on any atom is -0.489 e. The lowest BCUT2D eigenvalue weighted by Crippen LogP contribution is -2.44. The second kappa shape index (κ2) is 10.4. The molecule has 0 atom stereocenters. The molecule has 1 saturated carbocycles.